The fourth-order valence-corrected chi connectivity index (χ4v) is 1.71. The largest absolute Gasteiger partial charge is 0.377 e. The summed E-state index contributed by atoms with van der Waals surface area (Å²) in [5, 5.41) is 3.34. The van der Waals surface area contributed by atoms with Gasteiger partial charge in [-0.25, -0.2) is 0 Å². The van der Waals surface area contributed by atoms with Gasteiger partial charge < -0.3 is 10.1 Å². The summed E-state index contributed by atoms with van der Waals surface area (Å²) in [4.78, 5) is 11.7. The van der Waals surface area contributed by atoms with Crippen LogP contribution in [0.2, 0.25) is 5.02 Å². The highest BCUT2D eigenvalue weighted by molar-refractivity contribution is 6.33. The molecule has 3 nitrogen and oxygen atoms in total. The lowest BCUT2D eigenvalue weighted by atomic mass is 10.1. The van der Waals surface area contributed by atoms with Crippen molar-refractivity contribution in [3.05, 3.63) is 34.3 Å². The topological polar surface area (TPSA) is 38.3 Å². The normalized spacial score (nSPS) is 15.9. The SMILES string of the molecule is Cc1ccc(C(=O)NC2COC2)c(Cl)c1. The molecule has 1 N–H and O–H groups in total. The quantitative estimate of drug-likeness (QED) is 0.833. The molecule has 0 unspecified atom stereocenters. The average Bonchev–Trinajstić information content (AvgIpc) is 2.11. The van der Waals surface area contributed by atoms with E-state index < -0.39 is 0 Å². The van der Waals surface area contributed by atoms with Crippen LogP contribution in [0.1, 0.15) is 15.9 Å². The van der Waals surface area contributed by atoms with E-state index in [9.17, 15) is 4.79 Å². The molecule has 1 saturated heterocycles. The van der Waals surface area contributed by atoms with Crippen LogP contribution >= 0.6 is 11.6 Å². The Morgan fingerprint density at radius 2 is 2.27 bits per heavy atom. The summed E-state index contributed by atoms with van der Waals surface area (Å²) in [5.74, 6) is -0.131. The second kappa shape index (κ2) is 4.21. The molecule has 4 heteroatoms. The van der Waals surface area contributed by atoms with Gasteiger partial charge in [0, 0.05) is 0 Å². The van der Waals surface area contributed by atoms with Crippen LogP contribution in [0.15, 0.2) is 18.2 Å². The Labute approximate surface area is 93.4 Å². The van der Waals surface area contributed by atoms with E-state index in [1.807, 2.05) is 13.0 Å². The number of benzene rings is 1. The zero-order valence-electron chi connectivity index (χ0n) is 8.42. The molecule has 0 bridgehead atoms. The van der Waals surface area contributed by atoms with Crippen LogP contribution < -0.4 is 5.32 Å². The van der Waals surface area contributed by atoms with Crippen LogP contribution in [0.5, 0.6) is 0 Å². The lowest BCUT2D eigenvalue weighted by Gasteiger charge is -2.26. The Bertz CT molecular complexity index is 388. The van der Waals surface area contributed by atoms with E-state index in [2.05, 4.69) is 5.32 Å². The average molecular weight is 226 g/mol. The lowest BCUT2D eigenvalue weighted by molar-refractivity contribution is -0.00346. The van der Waals surface area contributed by atoms with Crippen molar-refractivity contribution in [3.63, 3.8) is 0 Å². The molecular weight excluding hydrogens is 214 g/mol. The summed E-state index contributed by atoms with van der Waals surface area (Å²) in [6.07, 6.45) is 0. The first-order valence-electron chi connectivity index (χ1n) is 4.81. The fraction of sp³-hybridized carbons (Fsp3) is 0.364. The summed E-state index contributed by atoms with van der Waals surface area (Å²) in [6, 6.07) is 5.54. The summed E-state index contributed by atoms with van der Waals surface area (Å²) in [7, 11) is 0. The van der Waals surface area contributed by atoms with Gasteiger partial charge in [-0.05, 0) is 24.6 Å². The third-order valence-electron chi connectivity index (χ3n) is 2.34. The standard InChI is InChI=1S/C11H12ClNO2/c1-7-2-3-9(10(12)4-7)11(14)13-8-5-15-6-8/h2-4,8H,5-6H2,1H3,(H,13,14). The number of ether oxygens (including phenoxy) is 1. The molecule has 2 rings (SSSR count). The molecule has 0 spiro atoms. The minimum Gasteiger partial charge on any atom is -0.377 e. The first-order chi connectivity index (χ1) is 7.16. The molecule has 15 heavy (non-hydrogen) atoms. The minimum atomic E-state index is -0.131. The number of halogens is 1. The Balaban J connectivity index is 2.10. The number of hydrogen-bond donors (Lipinski definition) is 1. The van der Waals surface area contributed by atoms with Crippen molar-refractivity contribution >= 4 is 17.5 Å². The van der Waals surface area contributed by atoms with Gasteiger partial charge in [0.05, 0.1) is 29.8 Å². The summed E-state index contributed by atoms with van der Waals surface area (Å²) in [5.41, 5.74) is 1.57. The van der Waals surface area contributed by atoms with E-state index >= 15 is 0 Å². The Hall–Kier alpha value is -1.06. The van der Waals surface area contributed by atoms with Crippen molar-refractivity contribution < 1.29 is 9.53 Å². The smallest absolute Gasteiger partial charge is 0.253 e. The van der Waals surface area contributed by atoms with Crippen LogP contribution in [0.4, 0.5) is 0 Å². The highest BCUT2D eigenvalue weighted by atomic mass is 35.5. The van der Waals surface area contributed by atoms with E-state index in [1.165, 1.54) is 0 Å². The fourth-order valence-electron chi connectivity index (χ4n) is 1.39. The van der Waals surface area contributed by atoms with Crippen molar-refractivity contribution in [2.45, 2.75) is 13.0 Å². The number of aryl methyl sites for hydroxylation is 1. The molecule has 1 aliphatic heterocycles. The molecule has 1 aromatic rings. The van der Waals surface area contributed by atoms with Gasteiger partial charge in [-0.3, -0.25) is 4.79 Å². The number of carbonyl (C=O) groups excluding carboxylic acids is 1. The second-order valence-corrected chi connectivity index (χ2v) is 4.10. The molecule has 80 valence electrons. The van der Waals surface area contributed by atoms with Crippen molar-refractivity contribution in [1.82, 2.24) is 5.32 Å². The summed E-state index contributed by atoms with van der Waals surface area (Å²) < 4.78 is 4.97. The Morgan fingerprint density at radius 3 is 2.80 bits per heavy atom. The zero-order chi connectivity index (χ0) is 10.8. The third-order valence-corrected chi connectivity index (χ3v) is 2.66. The monoisotopic (exact) mass is 225 g/mol. The van der Waals surface area contributed by atoms with Gasteiger partial charge in [0.2, 0.25) is 0 Å². The van der Waals surface area contributed by atoms with Gasteiger partial charge in [-0.15, -0.1) is 0 Å². The van der Waals surface area contributed by atoms with Gasteiger partial charge in [-0.2, -0.15) is 0 Å². The second-order valence-electron chi connectivity index (χ2n) is 3.69. The van der Waals surface area contributed by atoms with Gasteiger partial charge in [0.25, 0.3) is 5.91 Å². The molecule has 0 aromatic heterocycles. The molecule has 0 atom stereocenters. The van der Waals surface area contributed by atoms with E-state index in [-0.39, 0.29) is 11.9 Å². The number of hydrogen-bond acceptors (Lipinski definition) is 2. The van der Waals surface area contributed by atoms with Crippen LogP contribution in [0.3, 0.4) is 0 Å². The minimum absolute atomic E-state index is 0.131. The molecular formula is C11H12ClNO2. The maximum Gasteiger partial charge on any atom is 0.253 e. The van der Waals surface area contributed by atoms with Gasteiger partial charge in [0.15, 0.2) is 0 Å². The predicted molar refractivity (Wildman–Crippen MR) is 58.3 cm³/mol. The highest BCUT2D eigenvalue weighted by Gasteiger charge is 2.21. The number of rotatable bonds is 2. The van der Waals surface area contributed by atoms with Crippen LogP contribution in [0.25, 0.3) is 0 Å². The highest BCUT2D eigenvalue weighted by Crippen LogP contribution is 2.17. The third kappa shape index (κ3) is 2.30. The molecule has 1 heterocycles. The maximum absolute atomic E-state index is 11.7. The molecule has 1 fully saturated rings. The first-order valence-corrected chi connectivity index (χ1v) is 5.19. The van der Waals surface area contributed by atoms with Crippen LogP contribution in [0, 0.1) is 6.92 Å². The van der Waals surface area contributed by atoms with Gasteiger partial charge in [-0.1, -0.05) is 17.7 Å². The predicted octanol–water partition coefficient (Wildman–Crippen LogP) is 1.78. The molecule has 0 saturated carbocycles. The lowest BCUT2D eigenvalue weighted by Crippen LogP contribution is -2.48. The Morgan fingerprint density at radius 1 is 1.53 bits per heavy atom. The number of amides is 1. The van der Waals surface area contributed by atoms with Crippen molar-refractivity contribution in [2.75, 3.05) is 13.2 Å². The van der Waals surface area contributed by atoms with Gasteiger partial charge >= 0.3 is 0 Å². The molecule has 1 aliphatic rings. The molecule has 0 radical (unpaired) electrons. The van der Waals surface area contributed by atoms with Gasteiger partial charge in [0.1, 0.15) is 0 Å². The van der Waals surface area contributed by atoms with E-state index in [4.69, 9.17) is 16.3 Å². The number of nitrogens with one attached hydrogen (secondary N) is 1. The first kappa shape index (κ1) is 10.5. The van der Waals surface area contributed by atoms with Crippen molar-refractivity contribution in [2.24, 2.45) is 0 Å². The Kier molecular flexibility index (Phi) is 2.93. The van der Waals surface area contributed by atoms with Crippen LogP contribution in [-0.4, -0.2) is 25.2 Å². The maximum atomic E-state index is 11.7. The summed E-state index contributed by atoms with van der Waals surface area (Å²) >= 11 is 5.98. The number of carbonyl (C=O) groups is 1. The van der Waals surface area contributed by atoms with E-state index in [0.29, 0.717) is 23.8 Å². The molecule has 1 amide bonds. The molecule has 1 aromatic carbocycles. The van der Waals surface area contributed by atoms with Crippen LogP contribution in [-0.2, 0) is 4.74 Å². The van der Waals surface area contributed by atoms with Crippen molar-refractivity contribution in [3.8, 4) is 0 Å². The summed E-state index contributed by atoms with van der Waals surface area (Å²) in [6.45, 7) is 3.12. The van der Waals surface area contributed by atoms with E-state index in [1.54, 1.807) is 12.1 Å². The van der Waals surface area contributed by atoms with Crippen molar-refractivity contribution in [1.29, 1.82) is 0 Å². The van der Waals surface area contributed by atoms with E-state index in [0.717, 1.165) is 5.56 Å². The molecule has 0 aliphatic carbocycles. The zero-order valence-corrected chi connectivity index (χ0v) is 9.17.